The fourth-order valence-electron chi connectivity index (χ4n) is 2.34. The molecular weight excluding hydrogens is 292 g/mol. The van der Waals surface area contributed by atoms with Crippen molar-refractivity contribution in [2.75, 3.05) is 20.8 Å². The largest absolute Gasteiger partial charge is 0.497 e. The van der Waals surface area contributed by atoms with Crippen LogP contribution in [0.1, 0.15) is 27.5 Å². The molecule has 5 nitrogen and oxygen atoms in total. The number of aliphatic hydroxyl groups is 1. The molecule has 0 bridgehead atoms. The lowest BCUT2D eigenvalue weighted by Crippen LogP contribution is -2.33. The molecule has 1 atom stereocenters. The van der Waals surface area contributed by atoms with Crippen LogP contribution in [0.5, 0.6) is 5.75 Å². The number of amides is 1. The fraction of sp³-hybridized carbons (Fsp3) is 0.222. The van der Waals surface area contributed by atoms with E-state index >= 15 is 0 Å². The van der Waals surface area contributed by atoms with Gasteiger partial charge in [-0.25, -0.2) is 0 Å². The van der Waals surface area contributed by atoms with Crippen LogP contribution in [0.25, 0.3) is 0 Å². The molecular formula is C18H18N2O3. The Balaban J connectivity index is 2.25. The molecule has 0 fully saturated rings. The van der Waals surface area contributed by atoms with E-state index in [4.69, 9.17) is 10.00 Å². The lowest BCUT2D eigenvalue weighted by Gasteiger charge is -2.27. The standard InChI is InChI=1S/C18H18N2O3/c1-20(18(22)15-5-3-4-13(10-15)11-19)17(12-21)14-6-8-16(23-2)9-7-14/h3-10,17,21H,12H2,1-2H3. The van der Waals surface area contributed by atoms with E-state index in [-0.39, 0.29) is 12.5 Å². The second kappa shape index (κ2) is 7.43. The van der Waals surface area contributed by atoms with E-state index in [2.05, 4.69) is 0 Å². The highest BCUT2D eigenvalue weighted by molar-refractivity contribution is 5.94. The summed E-state index contributed by atoms with van der Waals surface area (Å²) in [7, 11) is 3.21. The molecule has 118 valence electrons. The summed E-state index contributed by atoms with van der Waals surface area (Å²) in [6.45, 7) is -0.202. The Kier molecular flexibility index (Phi) is 5.34. The molecule has 0 spiro atoms. The summed E-state index contributed by atoms with van der Waals surface area (Å²) >= 11 is 0. The minimum Gasteiger partial charge on any atom is -0.497 e. The molecule has 1 amide bonds. The number of ether oxygens (including phenoxy) is 1. The van der Waals surface area contributed by atoms with Crippen molar-refractivity contribution in [1.29, 1.82) is 5.26 Å². The molecule has 0 heterocycles. The smallest absolute Gasteiger partial charge is 0.254 e. The molecule has 0 aliphatic carbocycles. The van der Waals surface area contributed by atoms with Crippen molar-refractivity contribution in [3.8, 4) is 11.8 Å². The SMILES string of the molecule is COc1ccc(C(CO)N(C)C(=O)c2cccc(C#N)c2)cc1. The van der Waals surface area contributed by atoms with Crippen LogP contribution in [0.2, 0.25) is 0 Å². The van der Waals surface area contributed by atoms with Crippen molar-refractivity contribution in [3.63, 3.8) is 0 Å². The number of nitriles is 1. The van der Waals surface area contributed by atoms with Gasteiger partial charge in [0.05, 0.1) is 31.4 Å². The maximum atomic E-state index is 12.6. The number of rotatable bonds is 5. The first-order chi connectivity index (χ1) is 11.1. The minimum atomic E-state index is -0.473. The first kappa shape index (κ1) is 16.5. The molecule has 0 aliphatic rings. The van der Waals surface area contributed by atoms with Crippen molar-refractivity contribution in [2.45, 2.75) is 6.04 Å². The Labute approximate surface area is 135 Å². The number of hydrogen-bond acceptors (Lipinski definition) is 4. The summed E-state index contributed by atoms with van der Waals surface area (Å²) in [5, 5.41) is 18.6. The van der Waals surface area contributed by atoms with Crippen LogP contribution in [0.3, 0.4) is 0 Å². The Morgan fingerprint density at radius 1 is 1.30 bits per heavy atom. The summed E-state index contributed by atoms with van der Waals surface area (Å²) in [5.74, 6) is 0.457. The maximum Gasteiger partial charge on any atom is 0.254 e. The van der Waals surface area contributed by atoms with E-state index in [0.717, 1.165) is 5.56 Å². The molecule has 2 rings (SSSR count). The topological polar surface area (TPSA) is 73.6 Å². The molecule has 23 heavy (non-hydrogen) atoms. The Hall–Kier alpha value is -2.84. The number of carbonyl (C=O) groups is 1. The molecule has 2 aromatic rings. The summed E-state index contributed by atoms with van der Waals surface area (Å²) in [4.78, 5) is 14.1. The zero-order valence-electron chi connectivity index (χ0n) is 13.1. The number of likely N-dealkylation sites (N-methyl/N-ethyl adjacent to an activating group) is 1. The zero-order chi connectivity index (χ0) is 16.8. The molecule has 0 saturated heterocycles. The van der Waals surface area contributed by atoms with Gasteiger partial charge in [-0.05, 0) is 35.9 Å². The lowest BCUT2D eigenvalue weighted by molar-refractivity contribution is 0.0658. The molecule has 0 radical (unpaired) electrons. The van der Waals surface area contributed by atoms with Gasteiger partial charge >= 0.3 is 0 Å². The number of methoxy groups -OCH3 is 1. The third kappa shape index (κ3) is 3.68. The van der Waals surface area contributed by atoms with Crippen LogP contribution in [-0.2, 0) is 0 Å². The highest BCUT2D eigenvalue weighted by Gasteiger charge is 2.22. The monoisotopic (exact) mass is 310 g/mol. The molecule has 0 saturated carbocycles. The van der Waals surface area contributed by atoms with Gasteiger partial charge in [0.2, 0.25) is 0 Å². The van der Waals surface area contributed by atoms with Crippen LogP contribution >= 0.6 is 0 Å². The highest BCUT2D eigenvalue weighted by atomic mass is 16.5. The Bertz CT molecular complexity index is 720. The van der Waals surface area contributed by atoms with Gasteiger partial charge in [0.1, 0.15) is 5.75 Å². The summed E-state index contributed by atoms with van der Waals surface area (Å²) < 4.78 is 5.11. The maximum absolute atomic E-state index is 12.6. The average Bonchev–Trinajstić information content (AvgIpc) is 2.62. The minimum absolute atomic E-state index is 0.202. The second-order valence-corrected chi connectivity index (χ2v) is 5.08. The normalized spacial score (nSPS) is 11.4. The van der Waals surface area contributed by atoms with Crippen molar-refractivity contribution >= 4 is 5.91 Å². The lowest BCUT2D eigenvalue weighted by atomic mass is 10.0. The Morgan fingerprint density at radius 2 is 2.00 bits per heavy atom. The fourth-order valence-corrected chi connectivity index (χ4v) is 2.34. The first-order valence-corrected chi connectivity index (χ1v) is 7.13. The highest BCUT2D eigenvalue weighted by Crippen LogP contribution is 2.23. The van der Waals surface area contributed by atoms with E-state index in [1.54, 1.807) is 50.6 Å². The summed E-state index contributed by atoms with van der Waals surface area (Å²) in [6.07, 6.45) is 0. The number of hydrogen-bond donors (Lipinski definition) is 1. The van der Waals surface area contributed by atoms with Gasteiger partial charge in [0, 0.05) is 12.6 Å². The summed E-state index contributed by atoms with van der Waals surface area (Å²) in [5.41, 5.74) is 1.65. The summed E-state index contributed by atoms with van der Waals surface area (Å²) in [6, 6.07) is 15.2. The van der Waals surface area contributed by atoms with Gasteiger partial charge in [-0.1, -0.05) is 18.2 Å². The average molecular weight is 310 g/mol. The number of aliphatic hydroxyl groups excluding tert-OH is 1. The molecule has 1 unspecified atom stereocenters. The third-order valence-corrected chi connectivity index (χ3v) is 3.70. The van der Waals surface area contributed by atoms with E-state index in [0.29, 0.717) is 16.9 Å². The predicted octanol–water partition coefficient (Wildman–Crippen LogP) is 2.37. The number of benzene rings is 2. The first-order valence-electron chi connectivity index (χ1n) is 7.13. The van der Waals surface area contributed by atoms with Gasteiger partial charge in [-0.3, -0.25) is 4.79 Å². The van der Waals surface area contributed by atoms with Crippen molar-refractivity contribution in [2.24, 2.45) is 0 Å². The van der Waals surface area contributed by atoms with Crippen LogP contribution < -0.4 is 4.74 Å². The van der Waals surface area contributed by atoms with Crippen molar-refractivity contribution in [1.82, 2.24) is 4.90 Å². The van der Waals surface area contributed by atoms with Crippen LogP contribution in [-0.4, -0.2) is 36.7 Å². The van der Waals surface area contributed by atoms with Gasteiger partial charge in [-0.2, -0.15) is 5.26 Å². The van der Waals surface area contributed by atoms with Gasteiger partial charge < -0.3 is 14.7 Å². The van der Waals surface area contributed by atoms with Crippen LogP contribution in [0, 0.1) is 11.3 Å². The third-order valence-electron chi connectivity index (χ3n) is 3.70. The van der Waals surface area contributed by atoms with E-state index in [9.17, 15) is 9.90 Å². The van der Waals surface area contributed by atoms with Crippen molar-refractivity contribution < 1.29 is 14.6 Å². The predicted molar refractivity (Wildman–Crippen MR) is 86.1 cm³/mol. The zero-order valence-corrected chi connectivity index (χ0v) is 13.1. The van der Waals surface area contributed by atoms with E-state index < -0.39 is 6.04 Å². The van der Waals surface area contributed by atoms with Gasteiger partial charge in [0.25, 0.3) is 5.91 Å². The molecule has 1 N–H and O–H groups in total. The number of carbonyl (C=O) groups excluding carboxylic acids is 1. The number of nitrogens with zero attached hydrogens (tertiary/aromatic N) is 2. The van der Waals surface area contributed by atoms with Crippen molar-refractivity contribution in [3.05, 3.63) is 65.2 Å². The van der Waals surface area contributed by atoms with Gasteiger partial charge in [-0.15, -0.1) is 0 Å². The quantitative estimate of drug-likeness (QED) is 0.920. The van der Waals surface area contributed by atoms with E-state index in [1.165, 1.54) is 4.90 Å². The van der Waals surface area contributed by atoms with E-state index in [1.807, 2.05) is 18.2 Å². The molecule has 2 aromatic carbocycles. The molecule has 0 aliphatic heterocycles. The molecule has 5 heteroatoms. The van der Waals surface area contributed by atoms with Gasteiger partial charge in [0.15, 0.2) is 0 Å². The Morgan fingerprint density at radius 3 is 2.57 bits per heavy atom. The van der Waals surface area contributed by atoms with Crippen LogP contribution in [0.4, 0.5) is 0 Å². The molecule has 0 aromatic heterocycles. The van der Waals surface area contributed by atoms with Crippen LogP contribution in [0.15, 0.2) is 48.5 Å². The second-order valence-electron chi connectivity index (χ2n) is 5.08.